The molecule has 0 aromatic heterocycles. The number of anilines is 1. The molecule has 1 saturated heterocycles. The Kier molecular flexibility index (Phi) is 5.11. The molecule has 0 aliphatic carbocycles. The van der Waals surface area contributed by atoms with Crippen LogP contribution in [-0.2, 0) is 16.1 Å². The van der Waals surface area contributed by atoms with Crippen molar-refractivity contribution >= 4 is 17.5 Å². The number of amides is 2. The van der Waals surface area contributed by atoms with Gasteiger partial charge in [-0.1, -0.05) is 30.3 Å². The van der Waals surface area contributed by atoms with E-state index in [1.54, 1.807) is 17.0 Å². The van der Waals surface area contributed by atoms with Gasteiger partial charge in [0.2, 0.25) is 5.91 Å². The maximum Gasteiger partial charge on any atom is 0.258 e. The Morgan fingerprint density at radius 3 is 2.50 bits per heavy atom. The van der Waals surface area contributed by atoms with Crippen LogP contribution in [0.15, 0.2) is 54.6 Å². The monoisotopic (exact) mass is 324 g/mol. The van der Waals surface area contributed by atoms with E-state index < -0.39 is 0 Å². The SMILES string of the molecule is O=C(COc1ccc(N2CCCC2=O)cc1)NCc1ccccc1. The van der Waals surface area contributed by atoms with Crippen molar-refractivity contribution in [2.45, 2.75) is 19.4 Å². The van der Waals surface area contributed by atoms with Gasteiger partial charge in [-0.3, -0.25) is 9.59 Å². The van der Waals surface area contributed by atoms with Gasteiger partial charge < -0.3 is 15.0 Å². The summed E-state index contributed by atoms with van der Waals surface area (Å²) in [6.07, 6.45) is 1.51. The van der Waals surface area contributed by atoms with Gasteiger partial charge in [0.15, 0.2) is 6.61 Å². The Morgan fingerprint density at radius 1 is 1.08 bits per heavy atom. The highest BCUT2D eigenvalue weighted by Crippen LogP contribution is 2.23. The Morgan fingerprint density at radius 2 is 1.83 bits per heavy atom. The van der Waals surface area contributed by atoms with Gasteiger partial charge in [0.05, 0.1) is 0 Å². The molecule has 3 rings (SSSR count). The van der Waals surface area contributed by atoms with E-state index in [0.29, 0.717) is 18.7 Å². The number of carbonyl (C=O) groups excluding carboxylic acids is 2. The van der Waals surface area contributed by atoms with Gasteiger partial charge in [0, 0.05) is 25.2 Å². The number of hydrogen-bond acceptors (Lipinski definition) is 3. The summed E-state index contributed by atoms with van der Waals surface area (Å²) in [4.78, 5) is 25.3. The molecule has 0 radical (unpaired) electrons. The highest BCUT2D eigenvalue weighted by Gasteiger charge is 2.21. The molecule has 5 nitrogen and oxygen atoms in total. The first-order chi connectivity index (χ1) is 11.7. The quantitative estimate of drug-likeness (QED) is 0.888. The lowest BCUT2D eigenvalue weighted by atomic mass is 10.2. The summed E-state index contributed by atoms with van der Waals surface area (Å²) in [5.41, 5.74) is 1.92. The van der Waals surface area contributed by atoms with Crippen LogP contribution in [0.3, 0.4) is 0 Å². The van der Waals surface area contributed by atoms with E-state index in [1.165, 1.54) is 0 Å². The van der Waals surface area contributed by atoms with Crippen molar-refractivity contribution in [1.82, 2.24) is 5.32 Å². The van der Waals surface area contributed by atoms with Crippen LogP contribution in [0.5, 0.6) is 5.75 Å². The minimum absolute atomic E-state index is 0.0329. The van der Waals surface area contributed by atoms with E-state index in [1.807, 2.05) is 42.5 Å². The third-order valence-electron chi connectivity index (χ3n) is 3.92. The van der Waals surface area contributed by atoms with E-state index in [2.05, 4.69) is 5.32 Å². The number of nitrogens with zero attached hydrogens (tertiary/aromatic N) is 1. The molecule has 124 valence electrons. The molecule has 1 aliphatic rings. The predicted octanol–water partition coefficient (Wildman–Crippen LogP) is 2.51. The fourth-order valence-electron chi connectivity index (χ4n) is 2.64. The molecule has 1 aliphatic heterocycles. The van der Waals surface area contributed by atoms with Crippen molar-refractivity contribution in [3.8, 4) is 5.75 Å². The van der Waals surface area contributed by atoms with Crippen molar-refractivity contribution in [3.05, 3.63) is 60.2 Å². The average molecular weight is 324 g/mol. The Hall–Kier alpha value is -2.82. The van der Waals surface area contributed by atoms with Gasteiger partial charge in [-0.2, -0.15) is 0 Å². The summed E-state index contributed by atoms with van der Waals surface area (Å²) in [5, 5.41) is 2.81. The molecule has 0 spiro atoms. The van der Waals surface area contributed by atoms with Crippen LogP contribution in [0.25, 0.3) is 0 Å². The van der Waals surface area contributed by atoms with Crippen LogP contribution in [0.4, 0.5) is 5.69 Å². The first kappa shape index (κ1) is 16.1. The standard InChI is InChI=1S/C19H20N2O3/c22-18(20-13-15-5-2-1-3-6-15)14-24-17-10-8-16(9-11-17)21-12-4-7-19(21)23/h1-3,5-6,8-11H,4,7,12-14H2,(H,20,22). The van der Waals surface area contributed by atoms with Crippen molar-refractivity contribution in [1.29, 1.82) is 0 Å². The average Bonchev–Trinajstić information content (AvgIpc) is 3.05. The molecule has 2 aromatic rings. The van der Waals surface area contributed by atoms with Crippen molar-refractivity contribution in [2.75, 3.05) is 18.1 Å². The second-order valence-corrected chi connectivity index (χ2v) is 5.69. The molecule has 1 fully saturated rings. The zero-order valence-electron chi connectivity index (χ0n) is 13.4. The zero-order valence-corrected chi connectivity index (χ0v) is 13.4. The molecule has 2 amide bonds. The van der Waals surface area contributed by atoms with E-state index >= 15 is 0 Å². The number of benzene rings is 2. The van der Waals surface area contributed by atoms with Gasteiger partial charge in [0.1, 0.15) is 5.75 Å². The number of carbonyl (C=O) groups is 2. The number of nitrogens with one attached hydrogen (secondary N) is 1. The molecule has 0 saturated carbocycles. The summed E-state index contributed by atoms with van der Waals surface area (Å²) in [5.74, 6) is 0.599. The van der Waals surface area contributed by atoms with Crippen molar-refractivity contribution < 1.29 is 14.3 Å². The maximum atomic E-state index is 11.8. The molecule has 24 heavy (non-hydrogen) atoms. The molecule has 0 atom stereocenters. The van der Waals surface area contributed by atoms with Crippen LogP contribution in [0.1, 0.15) is 18.4 Å². The van der Waals surface area contributed by atoms with Crippen LogP contribution in [0.2, 0.25) is 0 Å². The van der Waals surface area contributed by atoms with Gasteiger partial charge in [-0.05, 0) is 36.2 Å². The number of rotatable bonds is 6. The minimum Gasteiger partial charge on any atom is -0.484 e. The van der Waals surface area contributed by atoms with Gasteiger partial charge in [0.25, 0.3) is 5.91 Å². The molecule has 5 heteroatoms. The smallest absolute Gasteiger partial charge is 0.258 e. The van der Waals surface area contributed by atoms with Crippen LogP contribution < -0.4 is 15.0 Å². The van der Waals surface area contributed by atoms with E-state index in [-0.39, 0.29) is 18.4 Å². The van der Waals surface area contributed by atoms with E-state index in [9.17, 15) is 9.59 Å². The minimum atomic E-state index is -0.169. The maximum absolute atomic E-state index is 11.8. The highest BCUT2D eigenvalue weighted by molar-refractivity contribution is 5.95. The Balaban J connectivity index is 1.46. The molecule has 0 unspecified atom stereocenters. The van der Waals surface area contributed by atoms with Crippen molar-refractivity contribution in [2.24, 2.45) is 0 Å². The van der Waals surface area contributed by atoms with Gasteiger partial charge in [-0.15, -0.1) is 0 Å². The summed E-state index contributed by atoms with van der Waals surface area (Å²) in [7, 11) is 0. The molecule has 2 aromatic carbocycles. The summed E-state index contributed by atoms with van der Waals surface area (Å²) in [6, 6.07) is 17.0. The second kappa shape index (κ2) is 7.64. The lowest BCUT2D eigenvalue weighted by Gasteiger charge is -2.16. The van der Waals surface area contributed by atoms with E-state index in [4.69, 9.17) is 4.74 Å². The highest BCUT2D eigenvalue weighted by atomic mass is 16.5. The fourth-order valence-corrected chi connectivity index (χ4v) is 2.64. The lowest BCUT2D eigenvalue weighted by molar-refractivity contribution is -0.123. The third-order valence-corrected chi connectivity index (χ3v) is 3.92. The molecule has 0 bridgehead atoms. The fraction of sp³-hybridized carbons (Fsp3) is 0.263. The number of hydrogen-bond donors (Lipinski definition) is 1. The third kappa shape index (κ3) is 4.13. The molecule has 1 heterocycles. The summed E-state index contributed by atoms with van der Waals surface area (Å²) in [6.45, 7) is 1.22. The van der Waals surface area contributed by atoms with Crippen LogP contribution >= 0.6 is 0 Å². The Bertz CT molecular complexity index is 698. The number of ether oxygens (including phenoxy) is 1. The molecular formula is C19H20N2O3. The zero-order chi connectivity index (χ0) is 16.8. The lowest BCUT2D eigenvalue weighted by Crippen LogP contribution is -2.28. The summed E-state index contributed by atoms with van der Waals surface area (Å²) >= 11 is 0. The van der Waals surface area contributed by atoms with Crippen molar-refractivity contribution in [3.63, 3.8) is 0 Å². The van der Waals surface area contributed by atoms with E-state index in [0.717, 1.165) is 24.2 Å². The normalized spacial score (nSPS) is 13.8. The van der Waals surface area contributed by atoms with Crippen LogP contribution in [-0.4, -0.2) is 25.0 Å². The molecular weight excluding hydrogens is 304 g/mol. The predicted molar refractivity (Wildman–Crippen MR) is 91.8 cm³/mol. The first-order valence-corrected chi connectivity index (χ1v) is 8.06. The largest absolute Gasteiger partial charge is 0.484 e. The summed E-state index contributed by atoms with van der Waals surface area (Å²) < 4.78 is 5.49. The van der Waals surface area contributed by atoms with Gasteiger partial charge >= 0.3 is 0 Å². The topological polar surface area (TPSA) is 58.6 Å². The second-order valence-electron chi connectivity index (χ2n) is 5.69. The Labute approximate surface area is 141 Å². The molecule has 1 N–H and O–H groups in total. The van der Waals surface area contributed by atoms with Gasteiger partial charge in [-0.25, -0.2) is 0 Å². The first-order valence-electron chi connectivity index (χ1n) is 8.06. The van der Waals surface area contributed by atoms with Crippen LogP contribution in [0, 0.1) is 0 Å².